The van der Waals surface area contributed by atoms with Gasteiger partial charge >= 0.3 is 0 Å². The molecule has 2 unspecified atom stereocenters. The highest BCUT2D eigenvalue weighted by atomic mass is 15.2. The first-order valence-electron chi connectivity index (χ1n) is 9.16. The Labute approximate surface area is 140 Å². The van der Waals surface area contributed by atoms with Gasteiger partial charge in [0.15, 0.2) is 0 Å². The lowest BCUT2D eigenvalue weighted by atomic mass is 9.86. The molecule has 3 heteroatoms. The van der Waals surface area contributed by atoms with E-state index in [9.17, 15) is 0 Å². The zero-order valence-corrected chi connectivity index (χ0v) is 14.3. The quantitative estimate of drug-likeness (QED) is 0.864. The summed E-state index contributed by atoms with van der Waals surface area (Å²) in [5, 5.41) is 13.0. The lowest BCUT2D eigenvalue weighted by Gasteiger charge is -2.39. The van der Waals surface area contributed by atoms with Crippen LogP contribution in [-0.2, 0) is 0 Å². The minimum absolute atomic E-state index is 0.520. The molecule has 1 saturated heterocycles. The van der Waals surface area contributed by atoms with Crippen molar-refractivity contribution >= 4 is 0 Å². The van der Waals surface area contributed by atoms with Crippen molar-refractivity contribution in [3.8, 4) is 6.07 Å². The molecule has 1 saturated carbocycles. The van der Waals surface area contributed by atoms with Crippen molar-refractivity contribution in [2.24, 2.45) is 0 Å². The van der Waals surface area contributed by atoms with Crippen LogP contribution in [0.4, 0.5) is 0 Å². The van der Waals surface area contributed by atoms with Crippen molar-refractivity contribution < 1.29 is 0 Å². The Morgan fingerprint density at radius 2 is 1.83 bits per heavy atom. The van der Waals surface area contributed by atoms with Crippen molar-refractivity contribution in [3.63, 3.8) is 0 Å². The Morgan fingerprint density at radius 3 is 2.52 bits per heavy atom. The minimum Gasteiger partial charge on any atom is -0.310 e. The highest BCUT2D eigenvalue weighted by Crippen LogP contribution is 2.28. The van der Waals surface area contributed by atoms with Gasteiger partial charge in [0.25, 0.3) is 0 Å². The molecule has 1 aliphatic carbocycles. The van der Waals surface area contributed by atoms with E-state index < -0.39 is 0 Å². The van der Waals surface area contributed by atoms with Crippen LogP contribution in [0.5, 0.6) is 0 Å². The normalized spacial score (nSPS) is 26.8. The molecule has 0 radical (unpaired) electrons. The molecule has 2 atom stereocenters. The summed E-state index contributed by atoms with van der Waals surface area (Å²) in [4.78, 5) is 2.33. The van der Waals surface area contributed by atoms with Crippen LogP contribution in [0.15, 0.2) is 24.3 Å². The van der Waals surface area contributed by atoms with Crippen LogP contribution in [0.2, 0.25) is 0 Å². The van der Waals surface area contributed by atoms with Crippen LogP contribution in [0, 0.1) is 18.3 Å². The number of aryl methyl sites for hydroxylation is 1. The third-order valence-corrected chi connectivity index (χ3v) is 5.45. The molecular weight excluding hydrogens is 282 g/mol. The van der Waals surface area contributed by atoms with E-state index in [0.29, 0.717) is 24.5 Å². The van der Waals surface area contributed by atoms with Crippen molar-refractivity contribution in [2.45, 2.75) is 63.5 Å². The monoisotopic (exact) mass is 311 g/mol. The number of nitrogens with one attached hydrogen (secondary N) is 1. The lowest BCUT2D eigenvalue weighted by Crippen LogP contribution is -2.51. The predicted molar refractivity (Wildman–Crippen MR) is 94.4 cm³/mol. The maximum absolute atomic E-state index is 9.11. The number of nitrogens with zero attached hydrogens (tertiary/aromatic N) is 2. The zero-order valence-electron chi connectivity index (χ0n) is 14.3. The van der Waals surface area contributed by atoms with E-state index in [4.69, 9.17) is 5.26 Å². The van der Waals surface area contributed by atoms with Gasteiger partial charge in [-0.25, -0.2) is 0 Å². The molecule has 0 amide bonds. The highest BCUT2D eigenvalue weighted by molar-refractivity contribution is 5.25. The number of benzene rings is 1. The van der Waals surface area contributed by atoms with Gasteiger partial charge in [0.1, 0.15) is 0 Å². The average molecular weight is 311 g/mol. The molecule has 2 fully saturated rings. The number of nitriles is 1. The summed E-state index contributed by atoms with van der Waals surface area (Å²) in [5.74, 6) is 0.541. The van der Waals surface area contributed by atoms with Gasteiger partial charge in [-0.05, 0) is 37.7 Å². The molecule has 1 heterocycles. The summed E-state index contributed by atoms with van der Waals surface area (Å²) >= 11 is 0. The summed E-state index contributed by atoms with van der Waals surface area (Å²) < 4.78 is 0. The zero-order chi connectivity index (χ0) is 16.1. The van der Waals surface area contributed by atoms with Crippen LogP contribution < -0.4 is 5.32 Å². The van der Waals surface area contributed by atoms with Crippen LogP contribution in [-0.4, -0.2) is 36.6 Å². The molecule has 1 aliphatic heterocycles. The Balaban J connectivity index is 1.67. The number of likely N-dealkylation sites (tertiary alicyclic amines) is 1. The van der Waals surface area contributed by atoms with Crippen LogP contribution >= 0.6 is 0 Å². The van der Waals surface area contributed by atoms with Gasteiger partial charge in [0.05, 0.1) is 12.6 Å². The van der Waals surface area contributed by atoms with E-state index in [0.717, 1.165) is 13.1 Å². The van der Waals surface area contributed by atoms with E-state index in [1.165, 1.54) is 49.7 Å². The van der Waals surface area contributed by atoms with Gasteiger partial charge in [-0.3, -0.25) is 4.90 Å². The first-order valence-corrected chi connectivity index (χ1v) is 9.16. The van der Waals surface area contributed by atoms with Crippen molar-refractivity contribution in [2.75, 3.05) is 19.6 Å². The summed E-state index contributed by atoms with van der Waals surface area (Å²) in [5.41, 5.74) is 2.74. The van der Waals surface area contributed by atoms with Crippen LogP contribution in [0.1, 0.15) is 55.6 Å². The van der Waals surface area contributed by atoms with E-state index >= 15 is 0 Å². The van der Waals surface area contributed by atoms with Crippen molar-refractivity contribution in [3.05, 3.63) is 35.4 Å². The van der Waals surface area contributed by atoms with Gasteiger partial charge in [0.2, 0.25) is 0 Å². The average Bonchev–Trinajstić information content (AvgIpc) is 2.56. The van der Waals surface area contributed by atoms with E-state index in [1.54, 1.807) is 0 Å². The summed E-state index contributed by atoms with van der Waals surface area (Å²) in [7, 11) is 0. The fourth-order valence-electron chi connectivity index (χ4n) is 4.22. The molecule has 3 rings (SSSR count). The van der Waals surface area contributed by atoms with Crippen molar-refractivity contribution in [1.29, 1.82) is 5.26 Å². The van der Waals surface area contributed by atoms with Crippen molar-refractivity contribution in [1.82, 2.24) is 10.2 Å². The number of hydrogen-bond donors (Lipinski definition) is 1. The lowest BCUT2D eigenvalue weighted by molar-refractivity contribution is 0.173. The fourth-order valence-corrected chi connectivity index (χ4v) is 4.22. The number of rotatable bonds is 4. The fraction of sp³-hybridized carbons (Fsp3) is 0.650. The molecule has 1 N–H and O–H groups in total. The second-order valence-electron chi connectivity index (χ2n) is 7.39. The molecule has 1 aromatic carbocycles. The summed E-state index contributed by atoms with van der Waals surface area (Å²) in [6.07, 6.45) is 7.98. The highest BCUT2D eigenvalue weighted by Gasteiger charge is 2.29. The Hall–Kier alpha value is -1.37. The summed E-state index contributed by atoms with van der Waals surface area (Å²) in [6, 6.07) is 12.5. The predicted octanol–water partition coefficient (Wildman–Crippen LogP) is 3.60. The van der Waals surface area contributed by atoms with Gasteiger partial charge in [0, 0.05) is 25.2 Å². The third kappa shape index (κ3) is 4.56. The molecule has 0 spiro atoms. The minimum atomic E-state index is 0.520. The third-order valence-electron chi connectivity index (χ3n) is 5.45. The number of piperidine rings is 1. The maximum Gasteiger partial charge on any atom is 0.0866 e. The number of hydrogen-bond acceptors (Lipinski definition) is 3. The molecule has 0 aromatic heterocycles. The largest absolute Gasteiger partial charge is 0.310 e. The van der Waals surface area contributed by atoms with E-state index in [-0.39, 0.29) is 0 Å². The molecule has 23 heavy (non-hydrogen) atoms. The molecule has 1 aromatic rings. The SMILES string of the molecule is Cc1ccc(C2CC(NC3CCCCC3)CN(CC#N)C2)cc1. The topological polar surface area (TPSA) is 39.1 Å². The molecule has 2 aliphatic rings. The van der Waals surface area contributed by atoms with Gasteiger partial charge in [-0.15, -0.1) is 0 Å². The van der Waals surface area contributed by atoms with Gasteiger partial charge in [-0.2, -0.15) is 5.26 Å². The Kier molecular flexibility index (Phi) is 5.70. The maximum atomic E-state index is 9.11. The van der Waals surface area contributed by atoms with E-state index in [1.807, 2.05) is 0 Å². The molecular formula is C20H29N3. The Morgan fingerprint density at radius 1 is 1.09 bits per heavy atom. The van der Waals surface area contributed by atoms with Crippen LogP contribution in [0.25, 0.3) is 0 Å². The molecule has 3 nitrogen and oxygen atoms in total. The van der Waals surface area contributed by atoms with Gasteiger partial charge in [-0.1, -0.05) is 49.1 Å². The second kappa shape index (κ2) is 7.95. The smallest absolute Gasteiger partial charge is 0.0866 e. The molecule has 0 bridgehead atoms. The summed E-state index contributed by atoms with van der Waals surface area (Å²) in [6.45, 7) is 4.72. The standard InChI is InChI=1S/C20H29N3/c1-16-7-9-17(10-8-16)18-13-20(15-23(14-18)12-11-21)22-19-5-3-2-4-6-19/h7-10,18-20,22H,2-6,12-15H2,1H3. The van der Waals surface area contributed by atoms with E-state index in [2.05, 4.69) is 47.5 Å². The molecule has 124 valence electrons. The van der Waals surface area contributed by atoms with Crippen LogP contribution in [0.3, 0.4) is 0 Å². The van der Waals surface area contributed by atoms with Gasteiger partial charge < -0.3 is 5.32 Å². The second-order valence-corrected chi connectivity index (χ2v) is 7.39. The Bertz CT molecular complexity index is 525. The first kappa shape index (κ1) is 16.5. The first-order chi connectivity index (χ1) is 11.2.